The monoisotopic (exact) mass is 538 g/mol. The summed E-state index contributed by atoms with van der Waals surface area (Å²) in [5.41, 5.74) is 8.44. The van der Waals surface area contributed by atoms with Gasteiger partial charge in [-0.25, -0.2) is 4.79 Å². The average Bonchev–Trinajstić information content (AvgIpc) is 3.29. The molecule has 5 nitrogen and oxygen atoms in total. The van der Waals surface area contributed by atoms with Crippen LogP contribution in [-0.4, -0.2) is 12.5 Å². The van der Waals surface area contributed by atoms with Crippen molar-refractivity contribution in [2.75, 3.05) is 16.8 Å². The second kappa shape index (κ2) is 9.56. The van der Waals surface area contributed by atoms with Crippen LogP contribution < -0.4 is 15.0 Å². The largest absolute Gasteiger partial charge is 0.456 e. The molecular weight excluding hydrogens is 508 g/mol. The van der Waals surface area contributed by atoms with Crippen molar-refractivity contribution in [1.29, 1.82) is 0 Å². The van der Waals surface area contributed by atoms with Gasteiger partial charge in [-0.15, -0.1) is 0 Å². The van der Waals surface area contributed by atoms with Crippen molar-refractivity contribution in [3.8, 4) is 11.5 Å². The van der Waals surface area contributed by atoms with E-state index in [1.807, 2.05) is 66.7 Å². The third-order valence-electron chi connectivity index (χ3n) is 8.09. The van der Waals surface area contributed by atoms with E-state index in [1.165, 1.54) is 5.56 Å². The topological polar surface area (TPSA) is 50.8 Å². The van der Waals surface area contributed by atoms with Crippen LogP contribution in [0.1, 0.15) is 45.1 Å². The van der Waals surface area contributed by atoms with Crippen molar-refractivity contribution < 1.29 is 14.3 Å². The number of ether oxygens (including phenoxy) is 2. The highest BCUT2D eigenvalue weighted by Gasteiger charge is 2.53. The molecule has 1 atom stereocenters. The molecule has 0 saturated heterocycles. The fraction of sp³-hybridized carbons (Fsp3) is 0.139. The van der Waals surface area contributed by atoms with Crippen LogP contribution in [0.3, 0.4) is 0 Å². The molecule has 2 aliphatic rings. The number of para-hydroxylation sites is 1. The third-order valence-corrected chi connectivity index (χ3v) is 8.09. The van der Waals surface area contributed by atoms with Crippen LogP contribution in [0.25, 0.3) is 0 Å². The summed E-state index contributed by atoms with van der Waals surface area (Å²) in [6, 6.07) is 36.5. The fourth-order valence-corrected chi connectivity index (χ4v) is 6.01. The van der Waals surface area contributed by atoms with Gasteiger partial charge in [-0.1, -0.05) is 60.2 Å². The van der Waals surface area contributed by atoms with Gasteiger partial charge in [-0.05, 0) is 80.9 Å². The van der Waals surface area contributed by atoms with Crippen LogP contribution in [0.2, 0.25) is 0 Å². The first-order valence-electron chi connectivity index (χ1n) is 13.9. The third kappa shape index (κ3) is 3.96. The predicted molar refractivity (Wildman–Crippen MR) is 163 cm³/mol. The number of nitrogens with one attached hydrogen (secondary N) is 1. The molecule has 7 rings (SSSR count). The Balaban J connectivity index is 1.31. The van der Waals surface area contributed by atoms with Crippen LogP contribution in [-0.2, 0) is 10.3 Å². The van der Waals surface area contributed by atoms with E-state index in [-0.39, 0.29) is 5.97 Å². The Morgan fingerprint density at radius 2 is 1.44 bits per heavy atom. The molecule has 1 spiro atoms. The zero-order valence-corrected chi connectivity index (χ0v) is 23.3. The molecule has 0 bridgehead atoms. The lowest BCUT2D eigenvalue weighted by atomic mass is 9.77. The van der Waals surface area contributed by atoms with Gasteiger partial charge in [-0.3, -0.25) is 0 Å². The molecule has 202 valence electrons. The highest BCUT2D eigenvalue weighted by molar-refractivity contribution is 5.97. The Hall–Kier alpha value is -5.03. The molecular formula is C36H30N2O3. The molecule has 1 unspecified atom stereocenters. The summed E-state index contributed by atoms with van der Waals surface area (Å²) in [4.78, 5) is 15.5. The minimum atomic E-state index is -1.09. The van der Waals surface area contributed by atoms with Crippen LogP contribution >= 0.6 is 0 Å². The molecule has 0 aliphatic carbocycles. The predicted octanol–water partition coefficient (Wildman–Crippen LogP) is 8.77. The van der Waals surface area contributed by atoms with E-state index in [0.29, 0.717) is 17.1 Å². The first-order chi connectivity index (χ1) is 20.0. The van der Waals surface area contributed by atoms with E-state index < -0.39 is 5.60 Å². The van der Waals surface area contributed by atoms with E-state index in [4.69, 9.17) is 9.47 Å². The SMILES string of the molecule is CCN(c1ccc(C)cc1)c1ccc(C)c(Nc2ccc3c(c2)C2(OC(=O)c4ccccc42)c2ccccc2O3)c1. The van der Waals surface area contributed by atoms with Crippen molar-refractivity contribution in [2.45, 2.75) is 26.4 Å². The number of nitrogens with zero attached hydrogens (tertiary/aromatic N) is 1. The highest BCUT2D eigenvalue weighted by Crippen LogP contribution is 2.56. The van der Waals surface area contributed by atoms with Gasteiger partial charge in [0.1, 0.15) is 11.5 Å². The Labute approximate surface area is 240 Å². The number of carbonyl (C=O) groups excluding carboxylic acids is 1. The smallest absolute Gasteiger partial charge is 0.340 e. The van der Waals surface area contributed by atoms with Crippen molar-refractivity contribution in [3.05, 3.63) is 143 Å². The van der Waals surface area contributed by atoms with E-state index in [0.717, 1.165) is 51.5 Å². The van der Waals surface area contributed by atoms with Crippen molar-refractivity contribution in [2.24, 2.45) is 0 Å². The lowest BCUT2D eigenvalue weighted by Crippen LogP contribution is -2.33. The fourth-order valence-electron chi connectivity index (χ4n) is 6.01. The first-order valence-corrected chi connectivity index (χ1v) is 13.9. The minimum absolute atomic E-state index is 0.332. The van der Waals surface area contributed by atoms with Gasteiger partial charge in [-0.2, -0.15) is 0 Å². The van der Waals surface area contributed by atoms with Crippen molar-refractivity contribution in [3.63, 3.8) is 0 Å². The number of hydrogen-bond acceptors (Lipinski definition) is 5. The minimum Gasteiger partial charge on any atom is -0.456 e. The summed E-state index contributed by atoms with van der Waals surface area (Å²) in [6.07, 6.45) is 0. The number of fused-ring (bicyclic) bond motifs is 6. The number of hydrogen-bond donors (Lipinski definition) is 1. The molecule has 0 aromatic heterocycles. The molecule has 5 heteroatoms. The van der Waals surface area contributed by atoms with Crippen LogP contribution in [0.15, 0.2) is 109 Å². The van der Waals surface area contributed by atoms with Gasteiger partial charge in [0.25, 0.3) is 0 Å². The second-order valence-electron chi connectivity index (χ2n) is 10.6. The maximum Gasteiger partial charge on any atom is 0.340 e. The summed E-state index contributed by atoms with van der Waals surface area (Å²) in [6.45, 7) is 7.21. The van der Waals surface area contributed by atoms with Gasteiger partial charge in [0.15, 0.2) is 5.60 Å². The Kier molecular flexibility index (Phi) is 5.82. The summed E-state index contributed by atoms with van der Waals surface area (Å²) >= 11 is 0. The van der Waals surface area contributed by atoms with E-state index in [9.17, 15) is 4.79 Å². The Morgan fingerprint density at radius 3 is 2.24 bits per heavy atom. The standard InChI is InChI=1S/C36H30N2O3/c1-4-38(26-17-13-23(2)14-18-26)27-19-15-24(3)32(22-27)37-25-16-20-34-31(21-25)36(30-11-7-8-12-33(30)40-34)29-10-6-5-9-28(29)35(39)41-36/h5-22,37H,4H2,1-3H3. The van der Waals surface area contributed by atoms with Gasteiger partial charge in [0.05, 0.1) is 5.56 Å². The zero-order valence-electron chi connectivity index (χ0n) is 23.3. The summed E-state index contributed by atoms with van der Waals surface area (Å²) < 4.78 is 12.7. The number of carbonyl (C=O) groups is 1. The maximum atomic E-state index is 13.2. The van der Waals surface area contributed by atoms with Gasteiger partial charge < -0.3 is 19.7 Å². The van der Waals surface area contributed by atoms with Gasteiger partial charge >= 0.3 is 5.97 Å². The molecule has 0 saturated carbocycles. The Morgan fingerprint density at radius 1 is 0.732 bits per heavy atom. The molecule has 41 heavy (non-hydrogen) atoms. The van der Waals surface area contributed by atoms with E-state index in [1.54, 1.807) is 0 Å². The molecule has 0 fully saturated rings. The van der Waals surface area contributed by atoms with Crippen molar-refractivity contribution in [1.82, 2.24) is 0 Å². The van der Waals surface area contributed by atoms with Gasteiger partial charge in [0, 0.05) is 46.0 Å². The molecule has 5 aromatic carbocycles. The van der Waals surface area contributed by atoms with Crippen LogP contribution in [0, 0.1) is 13.8 Å². The second-order valence-corrected chi connectivity index (χ2v) is 10.6. The number of aryl methyl sites for hydroxylation is 2. The number of rotatable bonds is 5. The van der Waals surface area contributed by atoms with Crippen LogP contribution in [0.5, 0.6) is 11.5 Å². The summed E-state index contributed by atoms with van der Waals surface area (Å²) in [7, 11) is 0. The molecule has 1 N–H and O–H groups in total. The maximum absolute atomic E-state index is 13.2. The number of esters is 1. The quantitative estimate of drug-likeness (QED) is 0.227. The zero-order chi connectivity index (χ0) is 28.1. The normalized spacial score (nSPS) is 16.3. The first kappa shape index (κ1) is 25.0. The molecule has 0 amide bonds. The molecule has 2 heterocycles. The number of benzene rings is 5. The molecule has 2 aliphatic heterocycles. The van der Waals surface area contributed by atoms with E-state index in [2.05, 4.69) is 73.5 Å². The average molecular weight is 539 g/mol. The van der Waals surface area contributed by atoms with Crippen molar-refractivity contribution >= 4 is 28.7 Å². The number of anilines is 4. The summed E-state index contributed by atoms with van der Waals surface area (Å²) in [5.74, 6) is 1.02. The molecule has 5 aromatic rings. The highest BCUT2D eigenvalue weighted by atomic mass is 16.6. The molecule has 0 radical (unpaired) electrons. The van der Waals surface area contributed by atoms with Gasteiger partial charge in [0.2, 0.25) is 0 Å². The van der Waals surface area contributed by atoms with Crippen LogP contribution in [0.4, 0.5) is 22.7 Å². The summed E-state index contributed by atoms with van der Waals surface area (Å²) in [5, 5.41) is 3.65. The Bertz CT molecular complexity index is 1810. The lowest BCUT2D eigenvalue weighted by Gasteiger charge is -2.36. The lowest BCUT2D eigenvalue weighted by molar-refractivity contribution is 0.0224. The van der Waals surface area contributed by atoms with E-state index >= 15 is 0 Å².